The number of nitriles is 1. The fraction of sp³-hybridized carbons (Fsp3) is 0.786. The van der Waals surface area contributed by atoms with Gasteiger partial charge in [0, 0.05) is 32.1 Å². The number of urea groups is 1. The van der Waals surface area contributed by atoms with Crippen LogP contribution in [-0.2, 0) is 4.79 Å². The van der Waals surface area contributed by atoms with Gasteiger partial charge in [0.15, 0.2) is 0 Å². The van der Waals surface area contributed by atoms with Crippen molar-refractivity contribution in [2.45, 2.75) is 44.6 Å². The molecule has 1 atom stereocenters. The molecule has 0 aromatic rings. The summed E-state index contributed by atoms with van der Waals surface area (Å²) in [6.45, 7) is 1.87. The summed E-state index contributed by atoms with van der Waals surface area (Å²) < 4.78 is 0. The topological polar surface area (TPSA) is 84.6 Å². The van der Waals surface area contributed by atoms with Crippen LogP contribution in [0.25, 0.3) is 0 Å². The van der Waals surface area contributed by atoms with Crippen LogP contribution in [0.15, 0.2) is 0 Å². The molecular formula is C14H21N3O3. The molecule has 20 heavy (non-hydrogen) atoms. The van der Waals surface area contributed by atoms with Crippen LogP contribution in [0.1, 0.15) is 38.5 Å². The van der Waals surface area contributed by atoms with Crippen molar-refractivity contribution in [3.8, 4) is 6.07 Å². The van der Waals surface area contributed by atoms with Gasteiger partial charge in [-0.2, -0.15) is 5.26 Å². The lowest BCUT2D eigenvalue weighted by Crippen LogP contribution is -2.43. The van der Waals surface area contributed by atoms with E-state index in [0.29, 0.717) is 44.4 Å². The second-order valence-corrected chi connectivity index (χ2v) is 5.65. The molecule has 2 fully saturated rings. The molecule has 0 radical (unpaired) electrons. The Morgan fingerprint density at radius 1 is 1.35 bits per heavy atom. The highest BCUT2D eigenvalue weighted by molar-refractivity contribution is 5.75. The van der Waals surface area contributed by atoms with Gasteiger partial charge in [-0.1, -0.05) is 0 Å². The third-order valence-electron chi connectivity index (χ3n) is 4.02. The highest BCUT2D eigenvalue weighted by atomic mass is 16.4. The summed E-state index contributed by atoms with van der Waals surface area (Å²) in [6.07, 6.45) is 4.14. The number of carboxylic acid groups (broad SMARTS) is 1. The van der Waals surface area contributed by atoms with E-state index in [1.807, 2.05) is 9.80 Å². The number of aliphatic carboxylic acids is 1. The first-order valence-electron chi connectivity index (χ1n) is 7.26. The van der Waals surface area contributed by atoms with Crippen molar-refractivity contribution in [3.05, 3.63) is 0 Å². The molecule has 6 heteroatoms. The quantitative estimate of drug-likeness (QED) is 0.801. The molecule has 1 N–H and O–H groups in total. The molecule has 1 saturated heterocycles. The maximum absolute atomic E-state index is 12.4. The average molecular weight is 279 g/mol. The van der Waals surface area contributed by atoms with Crippen molar-refractivity contribution in [1.82, 2.24) is 9.80 Å². The van der Waals surface area contributed by atoms with Crippen LogP contribution in [-0.4, -0.2) is 52.6 Å². The number of nitrogens with zero attached hydrogens (tertiary/aromatic N) is 3. The molecule has 0 spiro atoms. The Labute approximate surface area is 119 Å². The van der Waals surface area contributed by atoms with Gasteiger partial charge >= 0.3 is 12.0 Å². The van der Waals surface area contributed by atoms with Crippen LogP contribution in [0, 0.1) is 17.2 Å². The lowest BCUT2D eigenvalue weighted by molar-refractivity contribution is -0.137. The molecule has 0 aromatic heterocycles. The molecule has 110 valence electrons. The standard InChI is InChI=1S/C14H21N3O3/c15-7-1-8-17(12-3-4-12)14(20)16-9-6-11(10-16)2-5-13(18)19/h11-12H,1-6,8-10H2,(H,18,19). The Morgan fingerprint density at radius 2 is 2.10 bits per heavy atom. The van der Waals surface area contributed by atoms with E-state index in [1.165, 1.54) is 0 Å². The number of hydrogen-bond donors (Lipinski definition) is 1. The SMILES string of the molecule is N#CCCN(C(=O)N1CCC(CCC(=O)O)C1)C1CC1. The number of hydrogen-bond acceptors (Lipinski definition) is 3. The maximum atomic E-state index is 12.4. The van der Waals surface area contributed by atoms with E-state index in [2.05, 4.69) is 6.07 Å². The highest BCUT2D eigenvalue weighted by Crippen LogP contribution is 2.30. The first-order chi connectivity index (χ1) is 9.61. The third kappa shape index (κ3) is 3.86. The van der Waals surface area contributed by atoms with Crippen LogP contribution in [0.2, 0.25) is 0 Å². The largest absolute Gasteiger partial charge is 0.481 e. The number of carbonyl (C=O) groups excluding carboxylic acids is 1. The number of rotatable bonds is 6. The zero-order valence-electron chi connectivity index (χ0n) is 11.6. The molecule has 1 heterocycles. The summed E-state index contributed by atoms with van der Waals surface area (Å²) in [5.74, 6) is -0.476. The molecule has 0 bridgehead atoms. The summed E-state index contributed by atoms with van der Waals surface area (Å²) in [7, 11) is 0. The monoisotopic (exact) mass is 279 g/mol. The van der Waals surface area contributed by atoms with Crippen LogP contribution in [0.3, 0.4) is 0 Å². The van der Waals surface area contributed by atoms with Crippen LogP contribution in [0.5, 0.6) is 0 Å². The van der Waals surface area contributed by atoms with Gasteiger partial charge in [-0.05, 0) is 31.6 Å². The van der Waals surface area contributed by atoms with Gasteiger partial charge in [-0.25, -0.2) is 4.79 Å². The second kappa shape index (κ2) is 6.60. The van der Waals surface area contributed by atoms with Gasteiger partial charge in [0.05, 0.1) is 12.5 Å². The normalized spacial score (nSPS) is 21.6. The second-order valence-electron chi connectivity index (χ2n) is 5.65. The Balaban J connectivity index is 1.83. The predicted octanol–water partition coefficient (Wildman–Crippen LogP) is 1.67. The molecule has 6 nitrogen and oxygen atoms in total. The van der Waals surface area contributed by atoms with E-state index in [9.17, 15) is 9.59 Å². The zero-order chi connectivity index (χ0) is 14.5. The van der Waals surface area contributed by atoms with E-state index in [4.69, 9.17) is 10.4 Å². The highest BCUT2D eigenvalue weighted by Gasteiger charge is 2.36. The van der Waals surface area contributed by atoms with Crippen LogP contribution in [0.4, 0.5) is 4.79 Å². The molecule has 2 aliphatic rings. The Bertz CT molecular complexity index is 414. The molecule has 2 amide bonds. The minimum atomic E-state index is -0.775. The average Bonchev–Trinajstić information content (AvgIpc) is 3.14. The summed E-state index contributed by atoms with van der Waals surface area (Å²) in [4.78, 5) is 26.7. The Kier molecular flexibility index (Phi) is 4.83. The maximum Gasteiger partial charge on any atom is 0.320 e. The summed E-state index contributed by atoms with van der Waals surface area (Å²) >= 11 is 0. The van der Waals surface area contributed by atoms with Crippen molar-refractivity contribution >= 4 is 12.0 Å². The van der Waals surface area contributed by atoms with Gasteiger partial charge in [-0.3, -0.25) is 4.79 Å². The number of amides is 2. The van der Waals surface area contributed by atoms with Crippen LogP contribution < -0.4 is 0 Å². The number of likely N-dealkylation sites (tertiary alicyclic amines) is 1. The molecule has 1 aliphatic carbocycles. The van der Waals surface area contributed by atoms with E-state index >= 15 is 0 Å². The van der Waals surface area contributed by atoms with E-state index < -0.39 is 5.97 Å². The number of carboxylic acids is 1. The summed E-state index contributed by atoms with van der Waals surface area (Å²) in [5.41, 5.74) is 0. The van der Waals surface area contributed by atoms with Gasteiger partial charge in [-0.15, -0.1) is 0 Å². The van der Waals surface area contributed by atoms with Crippen molar-refractivity contribution in [1.29, 1.82) is 5.26 Å². The lowest BCUT2D eigenvalue weighted by Gasteiger charge is -2.27. The van der Waals surface area contributed by atoms with Crippen molar-refractivity contribution in [3.63, 3.8) is 0 Å². The molecule has 1 aliphatic heterocycles. The summed E-state index contributed by atoms with van der Waals surface area (Å²) in [5, 5.41) is 17.4. The molecule has 1 saturated carbocycles. The van der Waals surface area contributed by atoms with Crippen molar-refractivity contribution in [2.75, 3.05) is 19.6 Å². The van der Waals surface area contributed by atoms with E-state index in [1.54, 1.807) is 0 Å². The van der Waals surface area contributed by atoms with E-state index in [0.717, 1.165) is 19.3 Å². The lowest BCUT2D eigenvalue weighted by atomic mass is 10.0. The third-order valence-corrected chi connectivity index (χ3v) is 4.02. The molecule has 0 aromatic carbocycles. The minimum Gasteiger partial charge on any atom is -0.481 e. The van der Waals surface area contributed by atoms with Gasteiger partial charge in [0.25, 0.3) is 0 Å². The fourth-order valence-electron chi connectivity index (χ4n) is 2.74. The van der Waals surface area contributed by atoms with Gasteiger partial charge in [0.2, 0.25) is 0 Å². The minimum absolute atomic E-state index is 0.0283. The first-order valence-corrected chi connectivity index (χ1v) is 7.26. The van der Waals surface area contributed by atoms with Crippen molar-refractivity contribution < 1.29 is 14.7 Å². The predicted molar refractivity (Wildman–Crippen MR) is 71.9 cm³/mol. The van der Waals surface area contributed by atoms with Crippen molar-refractivity contribution in [2.24, 2.45) is 5.92 Å². The Hall–Kier alpha value is -1.77. The summed E-state index contributed by atoms with van der Waals surface area (Å²) in [6, 6.07) is 2.43. The first kappa shape index (κ1) is 14.6. The Morgan fingerprint density at radius 3 is 2.70 bits per heavy atom. The zero-order valence-corrected chi connectivity index (χ0v) is 11.6. The fourth-order valence-corrected chi connectivity index (χ4v) is 2.74. The molecule has 1 unspecified atom stereocenters. The smallest absolute Gasteiger partial charge is 0.320 e. The molecule has 2 rings (SSSR count). The van der Waals surface area contributed by atoms with E-state index in [-0.39, 0.29) is 12.5 Å². The van der Waals surface area contributed by atoms with Crippen LogP contribution >= 0.6 is 0 Å². The van der Waals surface area contributed by atoms with Gasteiger partial charge < -0.3 is 14.9 Å². The van der Waals surface area contributed by atoms with Gasteiger partial charge in [0.1, 0.15) is 0 Å². The molecular weight excluding hydrogens is 258 g/mol. The number of carbonyl (C=O) groups is 2.